The van der Waals surface area contributed by atoms with Gasteiger partial charge in [-0.2, -0.15) is 4.31 Å². The molecule has 5 heteroatoms. The first-order chi connectivity index (χ1) is 8.32. The minimum atomic E-state index is -3.12. The minimum absolute atomic E-state index is 0.105. The predicted molar refractivity (Wildman–Crippen MR) is 74.0 cm³/mol. The second kappa shape index (κ2) is 4.94. The third kappa shape index (κ3) is 2.49. The number of hydrogen-bond donors (Lipinski definition) is 0. The highest BCUT2D eigenvalue weighted by Crippen LogP contribution is 2.27. The molecule has 0 N–H and O–H groups in total. The van der Waals surface area contributed by atoms with Gasteiger partial charge in [0.2, 0.25) is 10.0 Å². The molecule has 2 rings (SSSR count). The number of likely N-dealkylation sites (tertiary alicyclic amines) is 1. The van der Waals surface area contributed by atoms with Crippen molar-refractivity contribution < 1.29 is 8.42 Å². The van der Waals surface area contributed by atoms with Crippen LogP contribution in [0.5, 0.6) is 0 Å². The first kappa shape index (κ1) is 14.0. The van der Waals surface area contributed by atoms with Crippen LogP contribution in [0.15, 0.2) is 11.6 Å². The molecule has 0 aliphatic carbocycles. The highest BCUT2D eigenvalue weighted by molar-refractivity contribution is 7.89. The van der Waals surface area contributed by atoms with Gasteiger partial charge in [0, 0.05) is 31.7 Å². The van der Waals surface area contributed by atoms with Crippen LogP contribution in [0.4, 0.5) is 0 Å². The molecule has 18 heavy (non-hydrogen) atoms. The molecule has 0 radical (unpaired) electrons. The van der Waals surface area contributed by atoms with Gasteiger partial charge in [-0.1, -0.05) is 11.6 Å². The molecule has 4 nitrogen and oxygen atoms in total. The number of nitrogens with zero attached hydrogens (tertiary/aromatic N) is 2. The van der Waals surface area contributed by atoms with Gasteiger partial charge in [0.25, 0.3) is 0 Å². The Kier molecular flexibility index (Phi) is 3.85. The van der Waals surface area contributed by atoms with Crippen LogP contribution in [0.1, 0.15) is 34.1 Å². The molecule has 2 aliphatic heterocycles. The molecule has 0 spiro atoms. The average molecular weight is 272 g/mol. The van der Waals surface area contributed by atoms with E-state index >= 15 is 0 Å². The summed E-state index contributed by atoms with van der Waals surface area (Å²) in [6.45, 7) is 10.2. The smallest absolute Gasteiger partial charge is 0.220 e. The molecule has 1 unspecified atom stereocenters. The fourth-order valence-electron chi connectivity index (χ4n) is 2.70. The first-order valence-electron chi connectivity index (χ1n) is 6.72. The summed E-state index contributed by atoms with van der Waals surface area (Å²) in [4.78, 5) is 2.21. The third-order valence-electron chi connectivity index (χ3n) is 4.08. The van der Waals surface area contributed by atoms with Crippen LogP contribution in [0.25, 0.3) is 0 Å². The molecule has 1 fully saturated rings. The van der Waals surface area contributed by atoms with Gasteiger partial charge in [-0.25, -0.2) is 8.42 Å². The maximum atomic E-state index is 12.5. The summed E-state index contributed by atoms with van der Waals surface area (Å²) in [6.07, 6.45) is 2.90. The van der Waals surface area contributed by atoms with E-state index in [1.165, 1.54) is 5.57 Å². The second-order valence-electron chi connectivity index (χ2n) is 5.89. The molecule has 2 heterocycles. The van der Waals surface area contributed by atoms with Crippen LogP contribution in [0, 0.1) is 0 Å². The van der Waals surface area contributed by atoms with E-state index in [1.54, 1.807) is 4.31 Å². The molecule has 1 saturated heterocycles. The van der Waals surface area contributed by atoms with Crippen LogP contribution in [0.3, 0.4) is 0 Å². The van der Waals surface area contributed by atoms with E-state index in [1.807, 2.05) is 13.0 Å². The number of sulfonamides is 1. The molecule has 2 aliphatic rings. The van der Waals surface area contributed by atoms with Gasteiger partial charge in [0.05, 0.1) is 0 Å². The lowest BCUT2D eigenvalue weighted by molar-refractivity contribution is 0.137. The summed E-state index contributed by atoms with van der Waals surface area (Å²) in [5, 5.41) is -0.200. The van der Waals surface area contributed by atoms with Crippen LogP contribution in [-0.2, 0) is 10.0 Å². The monoisotopic (exact) mass is 272 g/mol. The van der Waals surface area contributed by atoms with Crippen molar-refractivity contribution in [2.24, 2.45) is 0 Å². The van der Waals surface area contributed by atoms with Crippen LogP contribution < -0.4 is 0 Å². The molecule has 0 aromatic carbocycles. The summed E-state index contributed by atoms with van der Waals surface area (Å²) >= 11 is 0. The van der Waals surface area contributed by atoms with Crippen molar-refractivity contribution >= 4 is 10.0 Å². The van der Waals surface area contributed by atoms with E-state index in [0.29, 0.717) is 25.7 Å². The summed E-state index contributed by atoms with van der Waals surface area (Å²) < 4.78 is 26.7. The van der Waals surface area contributed by atoms with Crippen molar-refractivity contribution in [3.8, 4) is 0 Å². The Morgan fingerprint density at radius 1 is 1.33 bits per heavy atom. The summed E-state index contributed by atoms with van der Waals surface area (Å²) in [5.74, 6) is 0. The predicted octanol–water partition coefficient (Wildman–Crippen LogP) is 1.45. The van der Waals surface area contributed by atoms with E-state index in [4.69, 9.17) is 0 Å². The Bertz CT molecular complexity index is 436. The summed E-state index contributed by atoms with van der Waals surface area (Å²) in [5.41, 5.74) is 1.30. The molecular weight excluding hydrogens is 248 g/mol. The van der Waals surface area contributed by atoms with E-state index in [-0.39, 0.29) is 11.3 Å². The molecule has 0 aromatic heterocycles. The van der Waals surface area contributed by atoms with Gasteiger partial charge in [-0.15, -0.1) is 0 Å². The van der Waals surface area contributed by atoms with Gasteiger partial charge in [-0.3, -0.25) is 4.90 Å². The van der Waals surface area contributed by atoms with Gasteiger partial charge >= 0.3 is 0 Å². The zero-order valence-corrected chi connectivity index (χ0v) is 12.6. The molecule has 1 atom stereocenters. The third-order valence-corrected chi connectivity index (χ3v) is 6.39. The first-order valence-corrected chi connectivity index (χ1v) is 8.23. The lowest BCUT2D eigenvalue weighted by Gasteiger charge is -2.44. The molecular formula is C13H24N2O2S. The Hall–Kier alpha value is -0.390. The Balaban J connectivity index is 2.05. The van der Waals surface area contributed by atoms with E-state index in [2.05, 4.69) is 25.7 Å². The molecule has 0 aromatic rings. The van der Waals surface area contributed by atoms with E-state index in [9.17, 15) is 8.42 Å². The van der Waals surface area contributed by atoms with Crippen molar-refractivity contribution in [3.63, 3.8) is 0 Å². The Morgan fingerprint density at radius 3 is 2.44 bits per heavy atom. The molecule has 104 valence electrons. The zero-order valence-electron chi connectivity index (χ0n) is 11.8. The van der Waals surface area contributed by atoms with Crippen molar-refractivity contribution in [1.82, 2.24) is 9.21 Å². The van der Waals surface area contributed by atoms with Gasteiger partial charge in [-0.05, 0) is 34.1 Å². The van der Waals surface area contributed by atoms with Crippen LogP contribution >= 0.6 is 0 Å². The largest absolute Gasteiger partial charge is 0.298 e. The topological polar surface area (TPSA) is 40.6 Å². The lowest BCUT2D eigenvalue weighted by atomic mass is 10.1. The van der Waals surface area contributed by atoms with Gasteiger partial charge in [0.1, 0.15) is 5.25 Å². The maximum absolute atomic E-state index is 12.5. The summed E-state index contributed by atoms with van der Waals surface area (Å²) in [6, 6.07) is 0.547. The van der Waals surface area contributed by atoms with Crippen molar-refractivity contribution in [1.29, 1.82) is 0 Å². The lowest BCUT2D eigenvalue weighted by Crippen LogP contribution is -2.61. The highest BCUT2D eigenvalue weighted by Gasteiger charge is 2.43. The maximum Gasteiger partial charge on any atom is 0.220 e. The molecule has 0 saturated carbocycles. The normalized spacial score (nSPS) is 28.3. The van der Waals surface area contributed by atoms with Gasteiger partial charge < -0.3 is 0 Å². The van der Waals surface area contributed by atoms with E-state index < -0.39 is 10.0 Å². The van der Waals surface area contributed by atoms with Crippen LogP contribution in [0.2, 0.25) is 0 Å². The van der Waals surface area contributed by atoms with Crippen molar-refractivity contribution in [3.05, 3.63) is 11.6 Å². The average Bonchev–Trinajstić information content (AvgIpc) is 2.12. The molecule has 0 amide bonds. The van der Waals surface area contributed by atoms with Crippen LogP contribution in [-0.4, -0.2) is 54.6 Å². The fraction of sp³-hybridized carbons (Fsp3) is 0.846. The Morgan fingerprint density at radius 2 is 1.94 bits per heavy atom. The van der Waals surface area contributed by atoms with Gasteiger partial charge in [0.15, 0.2) is 0 Å². The van der Waals surface area contributed by atoms with Crippen molar-refractivity contribution in [2.75, 3.05) is 19.6 Å². The fourth-order valence-corrected chi connectivity index (χ4v) is 4.70. The van der Waals surface area contributed by atoms with Crippen molar-refractivity contribution in [2.45, 2.75) is 51.4 Å². The standard InChI is InChI=1S/C13H24N2O2S/c1-10(2)14-8-13(9-14)18(16,17)15-6-5-11(3)7-12(15)4/h5,10,12-13H,6-9H2,1-4H3. The number of rotatable bonds is 3. The summed E-state index contributed by atoms with van der Waals surface area (Å²) in [7, 11) is -3.12. The van der Waals surface area contributed by atoms with E-state index in [0.717, 1.165) is 6.42 Å². The molecule has 0 bridgehead atoms. The quantitative estimate of drug-likeness (QED) is 0.730. The number of hydrogen-bond acceptors (Lipinski definition) is 3. The highest BCUT2D eigenvalue weighted by atomic mass is 32.2. The zero-order chi connectivity index (χ0) is 13.5. The Labute approximate surface area is 111 Å². The minimum Gasteiger partial charge on any atom is -0.298 e. The SMILES string of the molecule is CC1=CCN(S(=O)(=O)C2CN(C(C)C)C2)C(C)C1. The second-order valence-corrected chi connectivity index (χ2v) is 8.05.